The van der Waals surface area contributed by atoms with Crippen LogP contribution in [0.1, 0.15) is 5.56 Å². The molecule has 0 aliphatic rings. The lowest BCUT2D eigenvalue weighted by molar-refractivity contribution is 0.466. The molecular weight excluding hydrogens is 425 g/mol. The molecule has 0 heterocycles. The van der Waals surface area contributed by atoms with Crippen LogP contribution in [-0.4, -0.2) is 19.8 Å². The average molecular weight is 437 g/mol. The van der Waals surface area contributed by atoms with Gasteiger partial charge < -0.3 is 0 Å². The molecule has 0 saturated carbocycles. The minimum absolute atomic E-state index is 0.0449. The maximum atomic E-state index is 13.1. The summed E-state index contributed by atoms with van der Waals surface area (Å²) in [5, 5.41) is 0. The van der Waals surface area contributed by atoms with Gasteiger partial charge in [-0.25, -0.2) is 12.8 Å². The largest absolute Gasteiger partial charge is 0.244 e. The van der Waals surface area contributed by atoms with Gasteiger partial charge in [0.15, 0.2) is 0 Å². The van der Waals surface area contributed by atoms with E-state index in [0.29, 0.717) is 0 Å². The average Bonchev–Trinajstić information content (AvgIpc) is 2.40. The lowest BCUT2D eigenvalue weighted by atomic mass is 10.2. The first-order valence-electron chi connectivity index (χ1n) is 5.96. The summed E-state index contributed by atoms with van der Waals surface area (Å²) in [5.41, 5.74) is 0.863. The van der Waals surface area contributed by atoms with Crippen molar-refractivity contribution in [1.29, 1.82) is 0 Å². The Morgan fingerprint density at radius 3 is 2.29 bits per heavy atom. The molecule has 0 spiro atoms. The van der Waals surface area contributed by atoms with Crippen molar-refractivity contribution in [1.82, 2.24) is 4.31 Å². The van der Waals surface area contributed by atoms with E-state index in [-0.39, 0.29) is 15.9 Å². The fourth-order valence-corrected chi connectivity index (χ4v) is 4.21. The fourth-order valence-electron chi connectivity index (χ4n) is 1.78. The summed E-state index contributed by atoms with van der Waals surface area (Å²) in [6, 6.07) is 10.9. The molecule has 0 aliphatic heterocycles. The van der Waals surface area contributed by atoms with E-state index in [2.05, 4.69) is 31.9 Å². The van der Waals surface area contributed by atoms with Crippen molar-refractivity contribution in [2.75, 3.05) is 7.05 Å². The zero-order valence-electron chi connectivity index (χ0n) is 11.1. The molecule has 112 valence electrons. The number of benzene rings is 2. The zero-order valence-corrected chi connectivity index (χ0v) is 15.0. The third-order valence-corrected chi connectivity index (χ3v) is 6.21. The summed E-state index contributed by atoms with van der Waals surface area (Å²) in [6.07, 6.45) is 0. The molecule has 2 aromatic carbocycles. The Labute approximate surface area is 140 Å². The van der Waals surface area contributed by atoms with E-state index >= 15 is 0 Å². The van der Waals surface area contributed by atoms with Gasteiger partial charge in [0.25, 0.3) is 0 Å². The Bertz CT molecular complexity index is 748. The number of hydrogen-bond acceptors (Lipinski definition) is 2. The monoisotopic (exact) mass is 435 g/mol. The van der Waals surface area contributed by atoms with E-state index in [1.54, 1.807) is 0 Å². The highest BCUT2D eigenvalue weighted by molar-refractivity contribution is 9.10. The second-order valence-electron chi connectivity index (χ2n) is 4.46. The molecular formula is C14H12Br2FNO2S. The zero-order chi connectivity index (χ0) is 15.6. The van der Waals surface area contributed by atoms with Gasteiger partial charge in [0.1, 0.15) is 5.82 Å². The standard InChI is InChI=1S/C14H12Br2FNO2S/c1-18(9-10-2-4-11(15)5-3-10)21(19,20)14-7-6-12(17)8-13(14)16/h2-8H,9H2,1H3. The summed E-state index contributed by atoms with van der Waals surface area (Å²) >= 11 is 6.42. The van der Waals surface area contributed by atoms with Gasteiger partial charge in [-0.3, -0.25) is 0 Å². The number of nitrogens with zero attached hydrogens (tertiary/aromatic N) is 1. The lowest BCUT2D eigenvalue weighted by Gasteiger charge is -2.18. The molecule has 0 fully saturated rings. The first kappa shape index (κ1) is 16.6. The van der Waals surface area contributed by atoms with Crippen LogP contribution in [0.2, 0.25) is 0 Å². The van der Waals surface area contributed by atoms with Crippen molar-refractivity contribution in [3.8, 4) is 0 Å². The second-order valence-corrected chi connectivity index (χ2v) is 8.25. The highest BCUT2D eigenvalue weighted by atomic mass is 79.9. The van der Waals surface area contributed by atoms with Crippen LogP contribution >= 0.6 is 31.9 Å². The summed E-state index contributed by atoms with van der Waals surface area (Å²) in [4.78, 5) is 0.0449. The first-order valence-corrected chi connectivity index (χ1v) is 8.99. The van der Waals surface area contributed by atoms with Gasteiger partial charge >= 0.3 is 0 Å². The third kappa shape index (κ3) is 3.91. The van der Waals surface area contributed by atoms with E-state index in [1.807, 2.05) is 24.3 Å². The van der Waals surface area contributed by atoms with Crippen molar-refractivity contribution < 1.29 is 12.8 Å². The van der Waals surface area contributed by atoms with E-state index in [9.17, 15) is 12.8 Å². The summed E-state index contributed by atoms with van der Waals surface area (Å²) in [7, 11) is -2.19. The van der Waals surface area contributed by atoms with Crippen LogP contribution in [0.15, 0.2) is 56.3 Å². The smallest absolute Gasteiger partial charge is 0.207 e. The third-order valence-electron chi connectivity index (χ3n) is 2.90. The Kier molecular flexibility index (Phi) is 5.19. The topological polar surface area (TPSA) is 37.4 Å². The second kappa shape index (κ2) is 6.56. The highest BCUT2D eigenvalue weighted by Crippen LogP contribution is 2.26. The fraction of sp³-hybridized carbons (Fsp3) is 0.143. The van der Waals surface area contributed by atoms with Gasteiger partial charge in [0.05, 0.1) is 4.90 Å². The number of sulfonamides is 1. The van der Waals surface area contributed by atoms with Gasteiger partial charge in [0, 0.05) is 22.5 Å². The minimum Gasteiger partial charge on any atom is -0.207 e. The van der Waals surface area contributed by atoms with E-state index < -0.39 is 15.8 Å². The van der Waals surface area contributed by atoms with Gasteiger partial charge in [-0.05, 0) is 51.8 Å². The Balaban J connectivity index is 2.28. The molecule has 0 bridgehead atoms. The van der Waals surface area contributed by atoms with Crippen LogP contribution in [0, 0.1) is 5.82 Å². The minimum atomic E-state index is -3.69. The van der Waals surface area contributed by atoms with Crippen LogP contribution in [0.4, 0.5) is 4.39 Å². The van der Waals surface area contributed by atoms with Crippen LogP contribution < -0.4 is 0 Å². The van der Waals surface area contributed by atoms with Crippen molar-refractivity contribution in [3.05, 3.63) is 62.8 Å². The Morgan fingerprint density at radius 2 is 1.71 bits per heavy atom. The van der Waals surface area contributed by atoms with Gasteiger partial charge in [-0.15, -0.1) is 0 Å². The Hall–Kier alpha value is -0.760. The molecule has 0 amide bonds. The van der Waals surface area contributed by atoms with Crippen LogP contribution in [0.5, 0.6) is 0 Å². The van der Waals surface area contributed by atoms with E-state index in [1.165, 1.54) is 17.4 Å². The molecule has 2 rings (SSSR count). The number of rotatable bonds is 4. The maximum Gasteiger partial charge on any atom is 0.244 e. The molecule has 0 unspecified atom stereocenters. The van der Waals surface area contributed by atoms with E-state index in [4.69, 9.17) is 0 Å². The van der Waals surface area contributed by atoms with E-state index in [0.717, 1.165) is 22.2 Å². The van der Waals surface area contributed by atoms with Gasteiger partial charge in [0.2, 0.25) is 10.0 Å². The summed E-state index contributed by atoms with van der Waals surface area (Å²) in [5.74, 6) is -0.489. The molecule has 0 aliphatic carbocycles. The van der Waals surface area contributed by atoms with Gasteiger partial charge in [-0.2, -0.15) is 4.31 Å². The molecule has 2 aromatic rings. The number of halogens is 3. The molecule has 7 heteroatoms. The highest BCUT2D eigenvalue weighted by Gasteiger charge is 2.23. The van der Waals surface area contributed by atoms with Crippen molar-refractivity contribution >= 4 is 41.9 Å². The van der Waals surface area contributed by atoms with Crippen molar-refractivity contribution in [2.45, 2.75) is 11.4 Å². The maximum absolute atomic E-state index is 13.1. The molecule has 0 radical (unpaired) electrons. The summed E-state index contributed by atoms with van der Waals surface area (Å²) < 4.78 is 40.5. The summed E-state index contributed by atoms with van der Waals surface area (Å²) in [6.45, 7) is 0.236. The molecule has 3 nitrogen and oxygen atoms in total. The normalized spacial score (nSPS) is 11.9. The van der Waals surface area contributed by atoms with Crippen molar-refractivity contribution in [3.63, 3.8) is 0 Å². The SMILES string of the molecule is CN(Cc1ccc(Br)cc1)S(=O)(=O)c1ccc(F)cc1Br. The number of hydrogen-bond donors (Lipinski definition) is 0. The molecule has 0 aromatic heterocycles. The van der Waals surface area contributed by atoms with Gasteiger partial charge in [-0.1, -0.05) is 28.1 Å². The first-order chi connectivity index (χ1) is 9.80. The molecule has 0 saturated heterocycles. The van der Waals surface area contributed by atoms with Crippen LogP contribution in [0.3, 0.4) is 0 Å². The van der Waals surface area contributed by atoms with Crippen LogP contribution in [0.25, 0.3) is 0 Å². The molecule has 0 atom stereocenters. The lowest BCUT2D eigenvalue weighted by Crippen LogP contribution is -2.26. The predicted molar refractivity (Wildman–Crippen MR) is 86.9 cm³/mol. The van der Waals surface area contributed by atoms with Crippen LogP contribution in [-0.2, 0) is 16.6 Å². The Morgan fingerprint density at radius 1 is 1.10 bits per heavy atom. The van der Waals surface area contributed by atoms with Crippen molar-refractivity contribution in [2.24, 2.45) is 0 Å². The molecule has 21 heavy (non-hydrogen) atoms. The molecule has 0 N–H and O–H groups in total. The predicted octanol–water partition coefficient (Wildman–Crippen LogP) is 4.17. The quantitative estimate of drug-likeness (QED) is 0.721.